The molecule has 4 N–H and O–H groups in total. The number of aliphatic hydroxyl groups excluding tert-OH is 1. The molecule has 0 fully saturated rings. The number of hydrazine groups is 1. The van der Waals surface area contributed by atoms with E-state index in [9.17, 15) is 0 Å². The molecule has 1 rings (SSSR count). The summed E-state index contributed by atoms with van der Waals surface area (Å²) in [7, 11) is 1.45. The van der Waals surface area contributed by atoms with Crippen LogP contribution in [-0.4, -0.2) is 35.4 Å². The van der Waals surface area contributed by atoms with Crippen LogP contribution in [0.15, 0.2) is 6.33 Å². The van der Waals surface area contributed by atoms with Crippen molar-refractivity contribution in [3.63, 3.8) is 0 Å². The van der Waals surface area contributed by atoms with E-state index in [1.54, 1.807) is 0 Å². The Morgan fingerprint density at radius 3 is 2.93 bits per heavy atom. The topological polar surface area (TPSA) is 103 Å². The number of rotatable bonds is 5. The Labute approximate surface area is 80.8 Å². The van der Waals surface area contributed by atoms with Gasteiger partial charge in [-0.15, -0.1) is 0 Å². The summed E-state index contributed by atoms with van der Waals surface area (Å²) in [4.78, 5) is 7.65. The predicted octanol–water partition coefficient (Wildman–Crippen LogP) is -0.858. The second-order valence-corrected chi connectivity index (χ2v) is 2.28. The molecule has 0 unspecified atom stereocenters. The first kappa shape index (κ1) is 10.5. The Hall–Kier alpha value is -1.60. The van der Waals surface area contributed by atoms with Gasteiger partial charge in [0.25, 0.3) is 5.88 Å². The zero-order valence-corrected chi connectivity index (χ0v) is 7.73. The maximum Gasteiger partial charge on any atom is 0.262 e. The summed E-state index contributed by atoms with van der Waals surface area (Å²) in [6.07, 6.45) is 1.28. The minimum atomic E-state index is -0.0987. The number of aliphatic hydroxyl groups is 1. The summed E-state index contributed by atoms with van der Waals surface area (Å²) in [6.45, 7) is 0.0376. The minimum absolute atomic E-state index is 0.0987. The van der Waals surface area contributed by atoms with E-state index >= 15 is 0 Å². The molecule has 0 aliphatic heterocycles. The molecule has 0 amide bonds. The molecule has 0 radical (unpaired) electrons. The molecule has 0 bridgehead atoms. The third-order valence-electron chi connectivity index (χ3n) is 1.44. The van der Waals surface area contributed by atoms with Crippen molar-refractivity contribution >= 4 is 5.82 Å². The molecule has 1 heterocycles. The second kappa shape index (κ2) is 5.20. The Balaban J connectivity index is 2.90. The summed E-state index contributed by atoms with van der Waals surface area (Å²) >= 11 is 0. The highest BCUT2D eigenvalue weighted by Crippen LogP contribution is 2.29. The fourth-order valence-electron chi connectivity index (χ4n) is 0.890. The highest BCUT2D eigenvalue weighted by Gasteiger charge is 2.11. The van der Waals surface area contributed by atoms with Gasteiger partial charge in [0.05, 0.1) is 13.7 Å². The van der Waals surface area contributed by atoms with Gasteiger partial charge in [-0.2, -0.15) is 4.98 Å². The Morgan fingerprint density at radius 2 is 2.36 bits per heavy atom. The standard InChI is InChI=1S/C7H12N4O3/c1-13-5-6(11-8)9-4-10-7(5)14-3-2-12/h4,12H,2-3,8H2,1H3,(H,9,10,11). The highest BCUT2D eigenvalue weighted by molar-refractivity contribution is 5.54. The first-order valence-electron chi connectivity index (χ1n) is 3.92. The summed E-state index contributed by atoms with van der Waals surface area (Å²) in [5, 5.41) is 8.57. The van der Waals surface area contributed by atoms with Gasteiger partial charge in [0.15, 0.2) is 5.82 Å². The lowest BCUT2D eigenvalue weighted by Gasteiger charge is -2.10. The lowest BCUT2D eigenvalue weighted by atomic mass is 10.5. The molecule has 0 spiro atoms. The van der Waals surface area contributed by atoms with E-state index in [4.69, 9.17) is 20.4 Å². The van der Waals surface area contributed by atoms with E-state index in [0.29, 0.717) is 11.6 Å². The van der Waals surface area contributed by atoms with Crippen LogP contribution in [-0.2, 0) is 0 Å². The number of anilines is 1. The van der Waals surface area contributed by atoms with E-state index in [2.05, 4.69) is 15.4 Å². The van der Waals surface area contributed by atoms with Crippen LogP contribution in [0.4, 0.5) is 5.82 Å². The summed E-state index contributed by atoms with van der Waals surface area (Å²) in [5.74, 6) is 6.08. The monoisotopic (exact) mass is 200 g/mol. The van der Waals surface area contributed by atoms with Gasteiger partial charge in [-0.3, -0.25) is 0 Å². The molecule has 7 nitrogen and oxygen atoms in total. The number of hydrogen-bond acceptors (Lipinski definition) is 7. The molecular weight excluding hydrogens is 188 g/mol. The van der Waals surface area contributed by atoms with Crippen LogP contribution >= 0.6 is 0 Å². The number of nitrogens with zero attached hydrogens (tertiary/aromatic N) is 2. The van der Waals surface area contributed by atoms with Gasteiger partial charge in [0.2, 0.25) is 5.75 Å². The first-order chi connectivity index (χ1) is 6.83. The normalized spacial score (nSPS) is 9.64. The van der Waals surface area contributed by atoms with Crippen molar-refractivity contribution in [2.45, 2.75) is 0 Å². The van der Waals surface area contributed by atoms with Gasteiger partial charge in [0, 0.05) is 0 Å². The molecular formula is C7H12N4O3. The van der Waals surface area contributed by atoms with Crippen LogP contribution in [0.3, 0.4) is 0 Å². The van der Waals surface area contributed by atoms with Gasteiger partial charge in [0.1, 0.15) is 12.9 Å². The number of nitrogen functional groups attached to an aromatic ring is 1. The van der Waals surface area contributed by atoms with E-state index in [1.807, 2.05) is 0 Å². The molecule has 0 saturated heterocycles. The Morgan fingerprint density at radius 1 is 1.57 bits per heavy atom. The van der Waals surface area contributed by atoms with E-state index in [1.165, 1.54) is 13.4 Å². The van der Waals surface area contributed by atoms with Gasteiger partial charge >= 0.3 is 0 Å². The number of methoxy groups -OCH3 is 1. The minimum Gasteiger partial charge on any atom is -0.489 e. The van der Waals surface area contributed by atoms with Crippen LogP contribution in [0, 0.1) is 0 Å². The van der Waals surface area contributed by atoms with Gasteiger partial charge in [-0.05, 0) is 0 Å². The molecule has 0 aliphatic rings. The smallest absolute Gasteiger partial charge is 0.262 e. The highest BCUT2D eigenvalue weighted by atomic mass is 16.5. The van der Waals surface area contributed by atoms with Crippen molar-refractivity contribution in [3.05, 3.63) is 6.33 Å². The van der Waals surface area contributed by atoms with E-state index in [0.717, 1.165) is 0 Å². The van der Waals surface area contributed by atoms with Crippen LogP contribution in [0.1, 0.15) is 0 Å². The largest absolute Gasteiger partial charge is 0.489 e. The second-order valence-electron chi connectivity index (χ2n) is 2.28. The lowest BCUT2D eigenvalue weighted by Crippen LogP contribution is -2.12. The van der Waals surface area contributed by atoms with Crippen LogP contribution in [0.5, 0.6) is 11.6 Å². The van der Waals surface area contributed by atoms with Gasteiger partial charge in [-0.1, -0.05) is 0 Å². The molecule has 1 aromatic heterocycles. The number of nitrogens with two attached hydrogens (primary N) is 1. The van der Waals surface area contributed by atoms with Crippen molar-refractivity contribution in [3.8, 4) is 11.6 Å². The van der Waals surface area contributed by atoms with E-state index < -0.39 is 0 Å². The van der Waals surface area contributed by atoms with Crippen LogP contribution in [0.25, 0.3) is 0 Å². The van der Waals surface area contributed by atoms with Crippen LogP contribution < -0.4 is 20.7 Å². The third kappa shape index (κ3) is 2.21. The Kier molecular flexibility index (Phi) is 3.89. The van der Waals surface area contributed by atoms with Crippen LogP contribution in [0.2, 0.25) is 0 Å². The third-order valence-corrected chi connectivity index (χ3v) is 1.44. The molecule has 7 heteroatoms. The zero-order valence-electron chi connectivity index (χ0n) is 7.73. The predicted molar refractivity (Wildman–Crippen MR) is 49.0 cm³/mol. The molecule has 14 heavy (non-hydrogen) atoms. The molecule has 78 valence electrons. The Bertz CT molecular complexity index is 294. The van der Waals surface area contributed by atoms with Crippen molar-refractivity contribution in [2.24, 2.45) is 5.84 Å². The van der Waals surface area contributed by atoms with E-state index in [-0.39, 0.29) is 19.1 Å². The van der Waals surface area contributed by atoms with Crippen molar-refractivity contribution < 1.29 is 14.6 Å². The average molecular weight is 200 g/mol. The quantitative estimate of drug-likeness (QED) is 0.420. The average Bonchev–Trinajstić information content (AvgIpc) is 2.25. The van der Waals surface area contributed by atoms with Crippen molar-refractivity contribution in [1.82, 2.24) is 9.97 Å². The molecule has 0 atom stereocenters. The SMILES string of the molecule is COc1c(NN)ncnc1OCCO. The maximum absolute atomic E-state index is 8.57. The summed E-state index contributed by atoms with van der Waals surface area (Å²) in [6, 6.07) is 0. The lowest BCUT2D eigenvalue weighted by molar-refractivity contribution is 0.191. The molecule has 1 aromatic rings. The molecule has 0 aromatic carbocycles. The number of ether oxygens (including phenoxy) is 2. The molecule has 0 saturated carbocycles. The van der Waals surface area contributed by atoms with Crippen molar-refractivity contribution in [2.75, 3.05) is 25.7 Å². The molecule has 0 aliphatic carbocycles. The van der Waals surface area contributed by atoms with Gasteiger partial charge in [-0.25, -0.2) is 10.8 Å². The summed E-state index contributed by atoms with van der Waals surface area (Å²) < 4.78 is 10.1. The fraction of sp³-hybridized carbons (Fsp3) is 0.429. The number of hydrogen-bond donors (Lipinski definition) is 3. The fourth-order valence-corrected chi connectivity index (χ4v) is 0.890. The summed E-state index contributed by atoms with van der Waals surface area (Å²) in [5.41, 5.74) is 2.34. The number of aromatic nitrogens is 2. The van der Waals surface area contributed by atoms with Gasteiger partial charge < -0.3 is 20.0 Å². The zero-order chi connectivity index (χ0) is 10.4. The van der Waals surface area contributed by atoms with Crippen molar-refractivity contribution in [1.29, 1.82) is 0 Å². The maximum atomic E-state index is 8.57. The first-order valence-corrected chi connectivity index (χ1v) is 3.92. The number of nitrogens with one attached hydrogen (secondary N) is 1.